The first-order chi connectivity index (χ1) is 7.47. The molecule has 0 amide bonds. The molecule has 1 unspecified atom stereocenters. The van der Waals surface area contributed by atoms with E-state index in [9.17, 15) is 5.11 Å². The number of aliphatic hydroxyl groups is 1. The van der Waals surface area contributed by atoms with Crippen LogP contribution in [0.3, 0.4) is 0 Å². The number of hydrogen-bond donors (Lipinski definition) is 1. The van der Waals surface area contributed by atoms with E-state index in [4.69, 9.17) is 0 Å². The van der Waals surface area contributed by atoms with E-state index in [0.29, 0.717) is 0 Å². The molecule has 0 bridgehead atoms. The number of rotatable bonds is 4. The van der Waals surface area contributed by atoms with E-state index in [1.807, 2.05) is 13.0 Å². The van der Waals surface area contributed by atoms with Crippen LogP contribution >= 0.6 is 0 Å². The molecule has 0 spiro atoms. The van der Waals surface area contributed by atoms with Crippen LogP contribution in [0.4, 0.5) is 0 Å². The number of hydrogen-bond acceptors (Lipinski definition) is 1. The molecule has 0 aliphatic heterocycles. The van der Waals surface area contributed by atoms with Crippen molar-refractivity contribution in [3.63, 3.8) is 0 Å². The fraction of sp³-hybridized carbons (Fsp3) is 0.429. The van der Waals surface area contributed by atoms with Crippen molar-refractivity contribution >= 4 is 13.3 Å². The molecular weight excluding hydrogens is 212 g/mol. The molecule has 2 heteroatoms. The minimum absolute atomic E-state index is 0.319. The van der Waals surface area contributed by atoms with Gasteiger partial charge >= 0.3 is 0 Å². The molecule has 0 heterocycles. The third-order valence-electron chi connectivity index (χ3n) is 3.01. The molecule has 1 nitrogen and oxygen atoms in total. The lowest BCUT2D eigenvalue weighted by Gasteiger charge is -2.21. The zero-order valence-electron chi connectivity index (χ0n) is 10.7. The fourth-order valence-corrected chi connectivity index (χ4v) is 4.52. The second-order valence-corrected chi connectivity index (χ2v) is 9.15. The molecule has 88 valence electrons. The van der Waals surface area contributed by atoms with Gasteiger partial charge < -0.3 is 5.11 Å². The molecule has 0 aromatic heterocycles. The Bertz CT molecular complexity index is 352. The molecule has 1 rings (SSSR count). The van der Waals surface area contributed by atoms with Crippen LogP contribution in [0.5, 0.6) is 0 Å². The van der Waals surface area contributed by atoms with Gasteiger partial charge in [0, 0.05) is 0 Å². The summed E-state index contributed by atoms with van der Waals surface area (Å²) in [7, 11) is -1.55. The number of aliphatic hydroxyl groups excluding tert-OH is 1. The Morgan fingerprint density at radius 3 is 2.31 bits per heavy atom. The van der Waals surface area contributed by atoms with Crippen LogP contribution < -0.4 is 5.19 Å². The zero-order chi connectivity index (χ0) is 12.2. The van der Waals surface area contributed by atoms with E-state index >= 15 is 0 Å². The van der Waals surface area contributed by atoms with Crippen molar-refractivity contribution in [2.45, 2.75) is 39.5 Å². The van der Waals surface area contributed by atoms with Gasteiger partial charge in [-0.15, -0.1) is 0 Å². The van der Waals surface area contributed by atoms with Crippen LogP contribution in [0.15, 0.2) is 41.6 Å². The zero-order valence-corrected chi connectivity index (χ0v) is 11.7. The molecule has 0 aliphatic carbocycles. The molecule has 0 saturated heterocycles. The summed E-state index contributed by atoms with van der Waals surface area (Å²) in [6, 6.07) is 10.6. The van der Waals surface area contributed by atoms with Gasteiger partial charge in [-0.2, -0.15) is 0 Å². The van der Waals surface area contributed by atoms with Crippen molar-refractivity contribution in [2.24, 2.45) is 0 Å². The molecule has 1 N–H and O–H groups in total. The summed E-state index contributed by atoms with van der Waals surface area (Å²) < 4.78 is 0. The van der Waals surface area contributed by atoms with Crippen LogP contribution in [0.25, 0.3) is 0 Å². The van der Waals surface area contributed by atoms with E-state index in [0.717, 1.165) is 6.42 Å². The van der Waals surface area contributed by atoms with Crippen molar-refractivity contribution in [2.75, 3.05) is 0 Å². The Balaban J connectivity index is 3.03. The maximum Gasteiger partial charge on any atom is 0.104 e. The Hall–Kier alpha value is -0.863. The molecule has 16 heavy (non-hydrogen) atoms. The predicted octanol–water partition coefficient (Wildman–Crippen LogP) is 2.86. The average molecular weight is 234 g/mol. The smallest absolute Gasteiger partial charge is 0.104 e. The molecule has 1 aromatic rings. The SMILES string of the molecule is CC/C(=C\[Si](C)(C)c1ccccc1)C(C)O. The van der Waals surface area contributed by atoms with Gasteiger partial charge in [0.25, 0.3) is 0 Å². The summed E-state index contributed by atoms with van der Waals surface area (Å²) in [4.78, 5) is 0. The summed E-state index contributed by atoms with van der Waals surface area (Å²) in [6.45, 7) is 8.60. The Morgan fingerprint density at radius 1 is 1.31 bits per heavy atom. The predicted molar refractivity (Wildman–Crippen MR) is 73.6 cm³/mol. The molecule has 0 saturated carbocycles. The quantitative estimate of drug-likeness (QED) is 0.794. The molecule has 0 radical (unpaired) electrons. The topological polar surface area (TPSA) is 20.2 Å². The first-order valence-corrected chi connectivity index (χ1v) is 9.00. The normalized spacial score (nSPS) is 14.9. The Morgan fingerprint density at radius 2 is 1.88 bits per heavy atom. The molecule has 0 aliphatic rings. The van der Waals surface area contributed by atoms with Crippen molar-refractivity contribution in [3.8, 4) is 0 Å². The monoisotopic (exact) mass is 234 g/mol. The van der Waals surface area contributed by atoms with Crippen LogP contribution in [-0.2, 0) is 0 Å². The van der Waals surface area contributed by atoms with Crippen LogP contribution in [0.2, 0.25) is 13.1 Å². The van der Waals surface area contributed by atoms with Crippen molar-refractivity contribution in [3.05, 3.63) is 41.6 Å². The first-order valence-electron chi connectivity index (χ1n) is 5.92. The van der Waals surface area contributed by atoms with Gasteiger partial charge in [-0.05, 0) is 18.9 Å². The standard InChI is InChI=1S/C14H22OSi/c1-5-13(12(2)15)11-16(3,4)14-9-7-6-8-10-14/h6-12,15H,5H2,1-4H3/b13-11+. The molecular formula is C14H22OSi. The van der Waals surface area contributed by atoms with Crippen molar-refractivity contribution < 1.29 is 5.11 Å². The highest BCUT2D eigenvalue weighted by Gasteiger charge is 2.21. The maximum absolute atomic E-state index is 9.68. The van der Waals surface area contributed by atoms with Crippen LogP contribution in [0, 0.1) is 0 Å². The summed E-state index contributed by atoms with van der Waals surface area (Å²) in [5, 5.41) is 11.1. The van der Waals surface area contributed by atoms with Gasteiger partial charge in [0.1, 0.15) is 8.07 Å². The highest BCUT2D eigenvalue weighted by Crippen LogP contribution is 2.14. The van der Waals surface area contributed by atoms with E-state index in [1.54, 1.807) is 0 Å². The second-order valence-electron chi connectivity index (χ2n) is 4.84. The molecule has 1 aromatic carbocycles. The number of benzene rings is 1. The minimum atomic E-state index is -1.55. The lowest BCUT2D eigenvalue weighted by Crippen LogP contribution is -2.40. The first kappa shape index (κ1) is 13.2. The van der Waals surface area contributed by atoms with Gasteiger partial charge in [-0.1, -0.05) is 61.2 Å². The summed E-state index contributed by atoms with van der Waals surface area (Å²) in [5.74, 6) is 0. The van der Waals surface area contributed by atoms with Gasteiger partial charge in [0.15, 0.2) is 0 Å². The van der Waals surface area contributed by atoms with Crippen LogP contribution in [0.1, 0.15) is 20.3 Å². The van der Waals surface area contributed by atoms with E-state index in [1.165, 1.54) is 10.8 Å². The lowest BCUT2D eigenvalue weighted by molar-refractivity contribution is 0.228. The van der Waals surface area contributed by atoms with Gasteiger partial charge in [0.05, 0.1) is 6.10 Å². The molecule has 0 fully saturated rings. The van der Waals surface area contributed by atoms with E-state index in [2.05, 4.69) is 50.0 Å². The Kier molecular flexibility index (Phi) is 4.51. The van der Waals surface area contributed by atoms with Gasteiger partial charge in [-0.3, -0.25) is 0 Å². The van der Waals surface area contributed by atoms with E-state index < -0.39 is 8.07 Å². The summed E-state index contributed by atoms with van der Waals surface area (Å²) in [5.41, 5.74) is 3.49. The summed E-state index contributed by atoms with van der Waals surface area (Å²) >= 11 is 0. The lowest BCUT2D eigenvalue weighted by atomic mass is 10.1. The minimum Gasteiger partial charge on any atom is -0.389 e. The summed E-state index contributed by atoms with van der Waals surface area (Å²) in [6.07, 6.45) is 0.612. The second kappa shape index (κ2) is 5.46. The van der Waals surface area contributed by atoms with Gasteiger partial charge in [0.2, 0.25) is 0 Å². The van der Waals surface area contributed by atoms with Crippen LogP contribution in [-0.4, -0.2) is 19.3 Å². The van der Waals surface area contributed by atoms with Crippen molar-refractivity contribution in [1.29, 1.82) is 0 Å². The third-order valence-corrected chi connectivity index (χ3v) is 5.92. The van der Waals surface area contributed by atoms with E-state index in [-0.39, 0.29) is 6.10 Å². The highest BCUT2D eigenvalue weighted by molar-refractivity contribution is 6.94. The highest BCUT2D eigenvalue weighted by atomic mass is 28.3. The molecule has 1 atom stereocenters. The van der Waals surface area contributed by atoms with Crippen molar-refractivity contribution in [1.82, 2.24) is 0 Å². The Labute approximate surface area is 99.8 Å². The fourth-order valence-electron chi connectivity index (χ4n) is 1.93. The third kappa shape index (κ3) is 3.32. The average Bonchev–Trinajstić information content (AvgIpc) is 2.27. The maximum atomic E-state index is 9.68. The van der Waals surface area contributed by atoms with Gasteiger partial charge in [-0.25, -0.2) is 0 Å². The largest absolute Gasteiger partial charge is 0.389 e.